The molecule has 1 aromatic carbocycles. The summed E-state index contributed by atoms with van der Waals surface area (Å²) in [6, 6.07) is 7.98. The smallest absolute Gasteiger partial charge is 0.290 e. The number of ketones is 1. The Labute approximate surface area is 108 Å². The van der Waals surface area contributed by atoms with Gasteiger partial charge in [0.2, 0.25) is 5.78 Å². The normalized spacial score (nSPS) is 20.7. The fourth-order valence-electron chi connectivity index (χ4n) is 2.40. The standard InChI is InChI=1S/C15H19NO2/c1-10(2)16-9-8-13(14(17)15(16)18)12-6-4-11(3)5-7-12/h4-7,10,13H,8-9H2,1-3H3. The number of amides is 1. The van der Waals surface area contributed by atoms with Gasteiger partial charge in [-0.15, -0.1) is 0 Å². The number of aryl methyl sites for hydroxylation is 1. The molecule has 96 valence electrons. The third-order valence-corrected chi connectivity index (χ3v) is 3.55. The fourth-order valence-corrected chi connectivity index (χ4v) is 2.40. The van der Waals surface area contributed by atoms with Crippen molar-refractivity contribution in [2.75, 3.05) is 6.54 Å². The first-order valence-corrected chi connectivity index (χ1v) is 6.42. The van der Waals surface area contributed by atoms with Gasteiger partial charge in [-0.05, 0) is 32.8 Å². The van der Waals surface area contributed by atoms with Crippen molar-refractivity contribution in [3.63, 3.8) is 0 Å². The Bertz CT molecular complexity index is 462. The molecular weight excluding hydrogens is 226 g/mol. The monoisotopic (exact) mass is 245 g/mol. The van der Waals surface area contributed by atoms with Crippen LogP contribution in [0.3, 0.4) is 0 Å². The van der Waals surface area contributed by atoms with E-state index in [0.29, 0.717) is 6.54 Å². The van der Waals surface area contributed by atoms with Crippen LogP contribution in [-0.4, -0.2) is 29.2 Å². The molecule has 1 aliphatic rings. The minimum absolute atomic E-state index is 0.0976. The summed E-state index contributed by atoms with van der Waals surface area (Å²) in [6.45, 7) is 6.56. The molecule has 18 heavy (non-hydrogen) atoms. The zero-order valence-corrected chi connectivity index (χ0v) is 11.1. The number of hydrogen-bond acceptors (Lipinski definition) is 2. The lowest BCUT2D eigenvalue weighted by molar-refractivity contribution is -0.149. The maximum atomic E-state index is 12.1. The molecule has 2 rings (SSSR count). The number of piperidine rings is 1. The van der Waals surface area contributed by atoms with Gasteiger partial charge in [-0.25, -0.2) is 0 Å². The molecular formula is C15H19NO2. The summed E-state index contributed by atoms with van der Waals surface area (Å²) in [5.74, 6) is -0.853. The Kier molecular flexibility index (Phi) is 3.50. The number of carbonyl (C=O) groups excluding carboxylic acids is 2. The number of benzene rings is 1. The summed E-state index contributed by atoms with van der Waals surface area (Å²) in [4.78, 5) is 25.8. The average molecular weight is 245 g/mol. The van der Waals surface area contributed by atoms with Gasteiger partial charge in [-0.3, -0.25) is 9.59 Å². The first-order valence-electron chi connectivity index (χ1n) is 6.42. The van der Waals surface area contributed by atoms with E-state index in [1.807, 2.05) is 45.0 Å². The molecule has 1 fully saturated rings. The third-order valence-electron chi connectivity index (χ3n) is 3.55. The molecule has 0 aromatic heterocycles. The van der Waals surface area contributed by atoms with Crippen molar-refractivity contribution in [2.45, 2.75) is 39.2 Å². The Morgan fingerprint density at radius 2 is 1.78 bits per heavy atom. The van der Waals surface area contributed by atoms with E-state index >= 15 is 0 Å². The van der Waals surface area contributed by atoms with Gasteiger partial charge in [-0.2, -0.15) is 0 Å². The molecule has 1 heterocycles. The van der Waals surface area contributed by atoms with Crippen LogP contribution in [-0.2, 0) is 9.59 Å². The molecule has 3 nitrogen and oxygen atoms in total. The molecule has 0 bridgehead atoms. The van der Waals surface area contributed by atoms with E-state index in [0.717, 1.165) is 17.5 Å². The zero-order valence-electron chi connectivity index (χ0n) is 11.1. The summed E-state index contributed by atoms with van der Waals surface area (Å²) < 4.78 is 0. The van der Waals surface area contributed by atoms with Gasteiger partial charge >= 0.3 is 0 Å². The van der Waals surface area contributed by atoms with E-state index in [4.69, 9.17) is 0 Å². The van der Waals surface area contributed by atoms with Crippen LogP contribution in [0.15, 0.2) is 24.3 Å². The van der Waals surface area contributed by atoms with Crippen molar-refractivity contribution in [2.24, 2.45) is 0 Å². The van der Waals surface area contributed by atoms with Crippen LogP contribution in [0.1, 0.15) is 37.3 Å². The third kappa shape index (κ3) is 2.30. The van der Waals surface area contributed by atoms with Crippen molar-refractivity contribution >= 4 is 11.7 Å². The Balaban J connectivity index is 2.20. The molecule has 1 amide bonds. The van der Waals surface area contributed by atoms with Gasteiger partial charge in [0.15, 0.2) is 0 Å². The van der Waals surface area contributed by atoms with E-state index in [1.165, 1.54) is 0 Å². The van der Waals surface area contributed by atoms with Crippen LogP contribution in [0.2, 0.25) is 0 Å². The van der Waals surface area contributed by atoms with Crippen LogP contribution in [0.25, 0.3) is 0 Å². The summed E-state index contributed by atoms with van der Waals surface area (Å²) in [5.41, 5.74) is 2.12. The summed E-state index contributed by atoms with van der Waals surface area (Å²) in [7, 11) is 0. The van der Waals surface area contributed by atoms with Gasteiger partial charge in [-0.1, -0.05) is 29.8 Å². The lowest BCUT2D eigenvalue weighted by Gasteiger charge is -2.33. The molecule has 0 radical (unpaired) electrons. The molecule has 1 saturated heterocycles. The van der Waals surface area contributed by atoms with E-state index in [1.54, 1.807) is 4.90 Å². The number of Topliss-reactive ketones (excluding diaryl/α,β-unsaturated/α-hetero) is 1. The van der Waals surface area contributed by atoms with Gasteiger partial charge in [0.1, 0.15) is 0 Å². The Morgan fingerprint density at radius 3 is 2.33 bits per heavy atom. The summed E-state index contributed by atoms with van der Waals surface area (Å²) >= 11 is 0. The number of nitrogens with zero attached hydrogens (tertiary/aromatic N) is 1. The van der Waals surface area contributed by atoms with Crippen molar-refractivity contribution in [3.8, 4) is 0 Å². The molecule has 0 N–H and O–H groups in total. The maximum Gasteiger partial charge on any atom is 0.290 e. The average Bonchev–Trinajstić information content (AvgIpc) is 2.33. The predicted molar refractivity (Wildman–Crippen MR) is 70.4 cm³/mol. The van der Waals surface area contributed by atoms with Crippen molar-refractivity contribution < 1.29 is 9.59 Å². The number of hydrogen-bond donors (Lipinski definition) is 0. The molecule has 1 aromatic rings. The molecule has 1 unspecified atom stereocenters. The largest absolute Gasteiger partial charge is 0.334 e. The van der Waals surface area contributed by atoms with Gasteiger partial charge < -0.3 is 4.90 Å². The highest BCUT2D eigenvalue weighted by Crippen LogP contribution is 2.27. The maximum absolute atomic E-state index is 12.1. The van der Waals surface area contributed by atoms with Crippen LogP contribution in [0.5, 0.6) is 0 Å². The highest BCUT2D eigenvalue weighted by Gasteiger charge is 2.36. The summed E-state index contributed by atoms with van der Waals surface area (Å²) in [5, 5.41) is 0. The number of rotatable bonds is 2. The van der Waals surface area contributed by atoms with Gasteiger partial charge in [0.05, 0.1) is 5.92 Å². The van der Waals surface area contributed by atoms with Gasteiger partial charge in [0.25, 0.3) is 5.91 Å². The first kappa shape index (κ1) is 12.8. The highest BCUT2D eigenvalue weighted by atomic mass is 16.2. The van der Waals surface area contributed by atoms with Crippen LogP contribution in [0.4, 0.5) is 0 Å². The molecule has 1 aliphatic heterocycles. The second kappa shape index (κ2) is 4.92. The van der Waals surface area contributed by atoms with Crippen molar-refractivity contribution in [3.05, 3.63) is 35.4 Å². The SMILES string of the molecule is Cc1ccc(C2CCN(C(C)C)C(=O)C2=O)cc1. The molecule has 0 aliphatic carbocycles. The lowest BCUT2D eigenvalue weighted by Crippen LogP contribution is -2.48. The fraction of sp³-hybridized carbons (Fsp3) is 0.467. The van der Waals surface area contributed by atoms with Crippen LogP contribution in [0, 0.1) is 6.92 Å². The lowest BCUT2D eigenvalue weighted by atomic mass is 9.87. The topological polar surface area (TPSA) is 37.4 Å². The molecule has 1 atom stereocenters. The zero-order chi connectivity index (χ0) is 13.3. The van der Waals surface area contributed by atoms with E-state index < -0.39 is 0 Å². The van der Waals surface area contributed by atoms with Crippen molar-refractivity contribution in [1.82, 2.24) is 4.90 Å². The second-order valence-electron chi connectivity index (χ2n) is 5.21. The van der Waals surface area contributed by atoms with Crippen LogP contribution >= 0.6 is 0 Å². The minimum Gasteiger partial charge on any atom is -0.334 e. The quantitative estimate of drug-likeness (QED) is 0.750. The second-order valence-corrected chi connectivity index (χ2v) is 5.21. The minimum atomic E-state index is -0.332. The predicted octanol–water partition coefficient (Wildman–Crippen LogP) is 2.29. The van der Waals surface area contributed by atoms with Crippen LogP contribution < -0.4 is 0 Å². The molecule has 0 spiro atoms. The Morgan fingerprint density at radius 1 is 1.17 bits per heavy atom. The Hall–Kier alpha value is -1.64. The van der Waals surface area contributed by atoms with Crippen molar-refractivity contribution in [1.29, 1.82) is 0 Å². The first-order chi connectivity index (χ1) is 8.50. The molecule has 3 heteroatoms. The van der Waals surface area contributed by atoms with E-state index in [2.05, 4.69) is 0 Å². The highest BCUT2D eigenvalue weighted by molar-refractivity contribution is 6.38. The van der Waals surface area contributed by atoms with E-state index in [-0.39, 0.29) is 23.7 Å². The summed E-state index contributed by atoms with van der Waals surface area (Å²) in [6.07, 6.45) is 0.728. The van der Waals surface area contributed by atoms with Gasteiger partial charge in [0, 0.05) is 12.6 Å². The number of carbonyl (C=O) groups is 2. The number of likely N-dealkylation sites (tertiary alicyclic amines) is 1. The van der Waals surface area contributed by atoms with E-state index in [9.17, 15) is 9.59 Å². The molecule has 0 saturated carbocycles.